The molecule has 2 aromatic heterocycles. The number of imidazole rings is 1. The van der Waals surface area contributed by atoms with Crippen LogP contribution in [-0.4, -0.2) is 43.2 Å². The molecule has 3 aromatic carbocycles. The number of anilines is 3. The Hall–Kier alpha value is -4.70. The maximum Gasteiger partial charge on any atom is 0.303 e. The summed E-state index contributed by atoms with van der Waals surface area (Å²) in [6.45, 7) is 0.726. The van der Waals surface area contributed by atoms with Crippen molar-refractivity contribution in [3.63, 3.8) is 0 Å². The standard InChI is InChI=1S/C28H25N5O4S/c34-24(35)15-14-22-26(37)33(25(36)19-6-2-1-3-7-19)27(31-22)30-20-12-10-18(11-13-20)16-17-29-28-32-21-8-4-5-9-23(21)38-28/h1-13,37H,14-17H2,(H,29,32)(H,30,31)(H,34,35). The Morgan fingerprint density at radius 1 is 0.895 bits per heavy atom. The molecule has 192 valence electrons. The number of carbonyl (C=O) groups excluding carboxylic acids is 1. The van der Waals surface area contributed by atoms with Crippen LogP contribution in [0, 0.1) is 0 Å². The highest BCUT2D eigenvalue weighted by atomic mass is 32.1. The zero-order valence-corrected chi connectivity index (χ0v) is 21.1. The number of rotatable bonds is 10. The third kappa shape index (κ3) is 5.65. The fraction of sp³-hybridized carbons (Fsp3) is 0.143. The van der Waals surface area contributed by atoms with Crippen LogP contribution >= 0.6 is 11.3 Å². The summed E-state index contributed by atoms with van der Waals surface area (Å²) in [5.74, 6) is -1.75. The maximum atomic E-state index is 13.2. The highest BCUT2D eigenvalue weighted by molar-refractivity contribution is 7.22. The Morgan fingerprint density at radius 2 is 1.63 bits per heavy atom. The van der Waals surface area contributed by atoms with Gasteiger partial charge < -0.3 is 20.8 Å². The molecule has 0 saturated carbocycles. The van der Waals surface area contributed by atoms with Crippen LogP contribution in [0.3, 0.4) is 0 Å². The van der Waals surface area contributed by atoms with Crippen LogP contribution in [0.1, 0.15) is 28.0 Å². The number of carboxylic acids is 1. The number of nitrogens with zero attached hydrogens (tertiary/aromatic N) is 3. The molecule has 9 nitrogen and oxygen atoms in total. The molecule has 0 spiro atoms. The van der Waals surface area contributed by atoms with Gasteiger partial charge in [0, 0.05) is 24.2 Å². The third-order valence-corrected chi connectivity index (χ3v) is 6.91. The number of para-hydroxylation sites is 1. The lowest BCUT2D eigenvalue weighted by atomic mass is 10.1. The van der Waals surface area contributed by atoms with E-state index in [-0.39, 0.29) is 30.4 Å². The van der Waals surface area contributed by atoms with Crippen molar-refractivity contribution in [1.29, 1.82) is 0 Å². The average molecular weight is 528 g/mol. The van der Waals surface area contributed by atoms with Crippen LogP contribution in [0.25, 0.3) is 10.2 Å². The second-order valence-electron chi connectivity index (χ2n) is 8.59. The molecule has 10 heteroatoms. The molecule has 0 saturated heterocycles. The lowest BCUT2D eigenvalue weighted by Gasteiger charge is -2.10. The number of hydrogen-bond donors (Lipinski definition) is 4. The number of aromatic hydroxyl groups is 1. The van der Waals surface area contributed by atoms with Crippen molar-refractivity contribution in [2.45, 2.75) is 19.3 Å². The van der Waals surface area contributed by atoms with Gasteiger partial charge in [-0.3, -0.25) is 9.59 Å². The predicted octanol–water partition coefficient (Wildman–Crippen LogP) is 5.30. The number of aryl methyl sites for hydroxylation is 1. The summed E-state index contributed by atoms with van der Waals surface area (Å²) in [7, 11) is 0. The number of carbonyl (C=O) groups is 2. The number of aliphatic carboxylic acids is 1. The topological polar surface area (TPSA) is 129 Å². The van der Waals surface area contributed by atoms with Crippen LogP contribution in [0.15, 0.2) is 78.9 Å². The molecule has 5 rings (SSSR count). The average Bonchev–Trinajstić information content (AvgIpc) is 3.48. The van der Waals surface area contributed by atoms with Crippen LogP contribution in [0.5, 0.6) is 5.88 Å². The van der Waals surface area contributed by atoms with Crippen molar-refractivity contribution in [3.8, 4) is 5.88 Å². The van der Waals surface area contributed by atoms with Crippen LogP contribution < -0.4 is 10.6 Å². The monoisotopic (exact) mass is 527 g/mol. The third-order valence-electron chi connectivity index (χ3n) is 5.92. The summed E-state index contributed by atoms with van der Waals surface area (Å²) in [6.07, 6.45) is 0.562. The molecule has 0 bridgehead atoms. The molecule has 38 heavy (non-hydrogen) atoms. The SMILES string of the molecule is O=C(O)CCc1nc(Nc2ccc(CCNc3nc4ccccc4s3)cc2)n(C(=O)c2ccccc2)c1O. The first-order chi connectivity index (χ1) is 18.5. The van der Waals surface area contributed by atoms with E-state index in [2.05, 4.69) is 26.7 Å². The van der Waals surface area contributed by atoms with Crippen molar-refractivity contribution in [1.82, 2.24) is 14.5 Å². The highest BCUT2D eigenvalue weighted by Crippen LogP contribution is 2.28. The quantitative estimate of drug-likeness (QED) is 0.193. The van der Waals surface area contributed by atoms with Crippen LogP contribution in [0.4, 0.5) is 16.8 Å². The molecule has 0 aliphatic carbocycles. The molecular formula is C28H25N5O4S. The zero-order chi connectivity index (χ0) is 26.5. The summed E-state index contributed by atoms with van der Waals surface area (Å²) >= 11 is 1.62. The van der Waals surface area contributed by atoms with Crippen LogP contribution in [0.2, 0.25) is 0 Å². The van der Waals surface area contributed by atoms with Gasteiger partial charge in [0.1, 0.15) is 5.69 Å². The Labute approximate surface area is 222 Å². The molecule has 2 heterocycles. The second kappa shape index (κ2) is 11.1. The fourth-order valence-corrected chi connectivity index (χ4v) is 4.87. The first kappa shape index (κ1) is 25.0. The molecule has 0 amide bonds. The number of nitrogens with one attached hydrogen (secondary N) is 2. The van der Waals surface area contributed by atoms with Gasteiger partial charge in [-0.05, 0) is 48.4 Å². The van der Waals surface area contributed by atoms with Gasteiger partial charge in [-0.1, -0.05) is 53.8 Å². The lowest BCUT2D eigenvalue weighted by Crippen LogP contribution is -2.14. The van der Waals surface area contributed by atoms with Gasteiger partial charge in [-0.15, -0.1) is 0 Å². The smallest absolute Gasteiger partial charge is 0.303 e. The Bertz CT molecular complexity index is 1550. The number of thiazole rings is 1. The minimum absolute atomic E-state index is 0.00842. The Balaban J connectivity index is 1.28. The second-order valence-corrected chi connectivity index (χ2v) is 9.62. The van der Waals surface area contributed by atoms with Gasteiger partial charge >= 0.3 is 5.97 Å². The number of carboxylic acid groups (broad SMARTS) is 1. The number of aromatic nitrogens is 3. The Morgan fingerprint density at radius 3 is 2.37 bits per heavy atom. The minimum Gasteiger partial charge on any atom is -0.493 e. The van der Waals surface area contributed by atoms with Gasteiger partial charge in [-0.2, -0.15) is 0 Å². The first-order valence-electron chi connectivity index (χ1n) is 12.1. The largest absolute Gasteiger partial charge is 0.493 e. The molecule has 4 N–H and O–H groups in total. The molecular weight excluding hydrogens is 502 g/mol. The zero-order valence-electron chi connectivity index (χ0n) is 20.3. The summed E-state index contributed by atoms with van der Waals surface area (Å²) in [5.41, 5.74) is 3.26. The van der Waals surface area contributed by atoms with E-state index in [4.69, 9.17) is 5.11 Å². The van der Waals surface area contributed by atoms with Gasteiger partial charge in [0.15, 0.2) is 5.13 Å². The van der Waals surface area contributed by atoms with Gasteiger partial charge in [0.2, 0.25) is 11.8 Å². The normalized spacial score (nSPS) is 10.9. The van der Waals surface area contributed by atoms with Gasteiger partial charge in [0.05, 0.1) is 16.6 Å². The van der Waals surface area contributed by atoms with E-state index in [0.717, 1.165) is 38.4 Å². The molecule has 0 unspecified atom stereocenters. The summed E-state index contributed by atoms with van der Waals surface area (Å²) in [4.78, 5) is 33.2. The van der Waals surface area contributed by atoms with Crippen LogP contribution in [-0.2, 0) is 17.6 Å². The first-order valence-corrected chi connectivity index (χ1v) is 12.9. The van der Waals surface area contributed by atoms with Gasteiger partial charge in [-0.25, -0.2) is 14.5 Å². The van der Waals surface area contributed by atoms with E-state index >= 15 is 0 Å². The lowest BCUT2D eigenvalue weighted by molar-refractivity contribution is -0.136. The summed E-state index contributed by atoms with van der Waals surface area (Å²) in [6, 6.07) is 24.2. The van der Waals surface area contributed by atoms with E-state index in [9.17, 15) is 14.7 Å². The number of fused-ring (bicyclic) bond motifs is 1. The predicted molar refractivity (Wildman–Crippen MR) is 148 cm³/mol. The van der Waals surface area contributed by atoms with E-state index in [0.29, 0.717) is 11.3 Å². The molecule has 0 fully saturated rings. The number of benzene rings is 3. The van der Waals surface area contributed by atoms with Crippen molar-refractivity contribution in [2.75, 3.05) is 17.2 Å². The number of hydrogen-bond acceptors (Lipinski definition) is 8. The summed E-state index contributed by atoms with van der Waals surface area (Å²) < 4.78 is 2.22. The molecule has 0 aliphatic heterocycles. The van der Waals surface area contributed by atoms with Gasteiger partial charge in [0.25, 0.3) is 5.91 Å². The summed E-state index contributed by atoms with van der Waals surface area (Å²) in [5, 5.41) is 27.1. The van der Waals surface area contributed by atoms with Crippen molar-refractivity contribution >= 4 is 50.2 Å². The van der Waals surface area contributed by atoms with Crippen molar-refractivity contribution in [2.24, 2.45) is 0 Å². The van der Waals surface area contributed by atoms with E-state index in [1.165, 1.54) is 0 Å². The van der Waals surface area contributed by atoms with Crippen molar-refractivity contribution in [3.05, 3.63) is 95.7 Å². The fourth-order valence-electron chi connectivity index (χ4n) is 3.98. The van der Waals surface area contributed by atoms with E-state index in [1.54, 1.807) is 41.7 Å². The van der Waals surface area contributed by atoms with E-state index in [1.807, 2.05) is 42.5 Å². The molecule has 0 aliphatic rings. The van der Waals surface area contributed by atoms with E-state index < -0.39 is 11.9 Å². The Kier molecular flexibility index (Phi) is 7.32. The molecule has 0 atom stereocenters. The maximum absolute atomic E-state index is 13.2. The minimum atomic E-state index is -1.02. The molecule has 5 aromatic rings. The highest BCUT2D eigenvalue weighted by Gasteiger charge is 2.23. The van der Waals surface area contributed by atoms with Crippen molar-refractivity contribution < 1.29 is 19.8 Å². The molecule has 0 radical (unpaired) electrons.